The van der Waals surface area contributed by atoms with E-state index in [0.29, 0.717) is 73.2 Å². The molecule has 6 aromatic heterocycles. The van der Waals surface area contributed by atoms with E-state index in [1.165, 1.54) is 25.6 Å². The lowest BCUT2D eigenvalue weighted by Crippen LogP contribution is -2.03. The normalized spacial score (nSPS) is 10.9. The summed E-state index contributed by atoms with van der Waals surface area (Å²) in [5.41, 5.74) is 6.36. The van der Waals surface area contributed by atoms with Crippen LogP contribution in [0.3, 0.4) is 0 Å². The third kappa shape index (κ3) is 10.4. The van der Waals surface area contributed by atoms with E-state index in [2.05, 4.69) is 40.3 Å². The lowest BCUT2D eigenvalue weighted by atomic mass is 10.2. The molecule has 15 nitrogen and oxygen atoms in total. The van der Waals surface area contributed by atoms with E-state index in [4.69, 9.17) is 28.8 Å². The number of aryl methyl sites for hydroxylation is 2. The zero-order valence-corrected chi connectivity index (χ0v) is 36.8. The molecule has 4 aromatic carbocycles. The summed E-state index contributed by atoms with van der Waals surface area (Å²) >= 11 is 0. The second-order valence-electron chi connectivity index (χ2n) is 15.0. The monoisotopic (exact) mass is 906 g/mol. The highest BCUT2D eigenvalue weighted by Crippen LogP contribution is 2.39. The highest BCUT2D eigenvalue weighted by molar-refractivity contribution is 5.89. The number of methoxy groups -OCH3 is 2. The first-order valence-corrected chi connectivity index (χ1v) is 20.9. The maximum Gasteiger partial charge on any atom is 0.175 e. The highest BCUT2D eigenvalue weighted by Gasteiger charge is 2.18. The van der Waals surface area contributed by atoms with Crippen LogP contribution in [0.1, 0.15) is 22.5 Å². The molecule has 0 aliphatic carbocycles. The first-order valence-electron chi connectivity index (χ1n) is 20.9. The largest absolute Gasteiger partial charge is 0.504 e. The van der Waals surface area contributed by atoms with Gasteiger partial charge < -0.3 is 43.9 Å². The van der Waals surface area contributed by atoms with Crippen molar-refractivity contribution >= 4 is 43.6 Å². The van der Waals surface area contributed by atoms with Gasteiger partial charge >= 0.3 is 0 Å². The minimum atomic E-state index is -0.461. The first kappa shape index (κ1) is 45.1. The van der Waals surface area contributed by atoms with Gasteiger partial charge in [0.15, 0.2) is 57.6 Å². The fourth-order valence-corrected chi connectivity index (χ4v) is 7.17. The summed E-state index contributed by atoms with van der Waals surface area (Å²) < 4.78 is 58.0. The fraction of sp³-hybridized carbons (Fsp3) is 0.160. The van der Waals surface area contributed by atoms with Crippen LogP contribution >= 0.6 is 0 Å². The summed E-state index contributed by atoms with van der Waals surface area (Å²) in [6, 6.07) is 24.3. The van der Waals surface area contributed by atoms with E-state index < -0.39 is 11.6 Å². The number of aliphatic hydroxyl groups excluding tert-OH is 1. The molecule has 340 valence electrons. The van der Waals surface area contributed by atoms with Crippen molar-refractivity contribution in [1.82, 2.24) is 40.3 Å². The van der Waals surface area contributed by atoms with Gasteiger partial charge in [-0.15, -0.1) is 0 Å². The number of nitrogens with one attached hydrogen (secondary N) is 2. The zero-order valence-electron chi connectivity index (χ0n) is 36.8. The number of ether oxygens (including phenoxy) is 5. The van der Waals surface area contributed by atoms with Crippen LogP contribution in [0.2, 0.25) is 0 Å². The second-order valence-corrected chi connectivity index (χ2v) is 15.0. The summed E-state index contributed by atoms with van der Waals surface area (Å²) in [4.78, 5) is 14.1. The molecule has 67 heavy (non-hydrogen) atoms. The predicted octanol–water partition coefficient (Wildman–Crippen LogP) is 10.1. The Morgan fingerprint density at radius 3 is 1.54 bits per heavy atom. The lowest BCUT2D eigenvalue weighted by molar-refractivity contribution is 0.298. The van der Waals surface area contributed by atoms with E-state index in [1.807, 2.05) is 38.1 Å². The molecule has 0 amide bonds. The third-order valence-electron chi connectivity index (χ3n) is 10.5. The van der Waals surface area contributed by atoms with Gasteiger partial charge in [-0.25, -0.2) is 8.78 Å². The molecule has 0 saturated heterocycles. The summed E-state index contributed by atoms with van der Waals surface area (Å²) in [6.07, 6.45) is 11.3. The number of hydrogen-bond acceptors (Lipinski definition) is 13. The van der Waals surface area contributed by atoms with E-state index >= 15 is 4.39 Å². The molecule has 0 saturated carbocycles. The second kappa shape index (κ2) is 20.6. The van der Waals surface area contributed by atoms with Gasteiger partial charge in [0.05, 0.1) is 44.0 Å². The van der Waals surface area contributed by atoms with Gasteiger partial charge in [0.1, 0.15) is 11.0 Å². The molecule has 0 aliphatic heterocycles. The van der Waals surface area contributed by atoms with Gasteiger partial charge in [-0.2, -0.15) is 20.4 Å². The average molecular weight is 907 g/mol. The number of pyridine rings is 2. The molecule has 0 unspecified atom stereocenters. The van der Waals surface area contributed by atoms with Crippen molar-refractivity contribution in [2.75, 3.05) is 27.4 Å². The fourth-order valence-electron chi connectivity index (χ4n) is 7.17. The predicted molar refractivity (Wildman–Crippen MR) is 248 cm³/mol. The Bertz CT molecular complexity index is 3300. The number of aromatic nitrogens is 8. The molecule has 0 aliphatic rings. The Hall–Kier alpha value is -8.44. The number of fused-ring (bicyclic) bond motifs is 4. The van der Waals surface area contributed by atoms with E-state index in [-0.39, 0.29) is 29.6 Å². The smallest absolute Gasteiger partial charge is 0.175 e. The van der Waals surface area contributed by atoms with Gasteiger partial charge in [0.25, 0.3) is 0 Å². The topological polar surface area (TPSA) is 196 Å². The van der Waals surface area contributed by atoms with Crippen LogP contribution in [-0.2, 0) is 12.8 Å². The molecule has 4 N–H and O–H groups in total. The van der Waals surface area contributed by atoms with Crippen LogP contribution < -0.4 is 23.7 Å². The molecule has 0 radical (unpaired) electrons. The van der Waals surface area contributed by atoms with Gasteiger partial charge in [0.2, 0.25) is 0 Å². The molecule has 10 rings (SSSR count). The number of aromatic hydroxyl groups is 1. The van der Waals surface area contributed by atoms with Crippen LogP contribution in [0.25, 0.3) is 43.6 Å². The average Bonchev–Trinajstić information content (AvgIpc) is 3.93. The Balaban J connectivity index is 0.000000157. The molecule has 6 heterocycles. The van der Waals surface area contributed by atoms with Crippen molar-refractivity contribution in [3.8, 4) is 46.0 Å². The van der Waals surface area contributed by atoms with E-state index in [1.54, 1.807) is 86.5 Å². The molecular weight excluding hydrogens is 863 g/mol. The van der Waals surface area contributed by atoms with Crippen molar-refractivity contribution in [3.05, 3.63) is 156 Å². The number of hydrogen-bond donors (Lipinski definition) is 4. The number of benzene rings is 4. The molecule has 17 heteroatoms. The van der Waals surface area contributed by atoms with Crippen molar-refractivity contribution in [2.24, 2.45) is 0 Å². The zero-order chi connectivity index (χ0) is 46.9. The molecule has 10 aromatic rings. The van der Waals surface area contributed by atoms with Crippen molar-refractivity contribution in [3.63, 3.8) is 0 Å². The van der Waals surface area contributed by atoms with Gasteiger partial charge in [-0.1, -0.05) is 0 Å². The molecular formula is C50H44F2N8O7. The summed E-state index contributed by atoms with van der Waals surface area (Å²) in [7, 11) is 3.01. The molecule has 0 atom stereocenters. The number of H-pyrrole nitrogens is 2. The first-order chi connectivity index (χ1) is 32.6. The van der Waals surface area contributed by atoms with Crippen molar-refractivity contribution in [2.45, 2.75) is 26.7 Å². The van der Waals surface area contributed by atoms with E-state index in [9.17, 15) is 9.50 Å². The Kier molecular flexibility index (Phi) is 13.9. The third-order valence-corrected chi connectivity index (χ3v) is 10.5. The lowest BCUT2D eigenvalue weighted by Gasteiger charge is -2.14. The molecule has 0 spiro atoms. The Labute approximate surface area is 382 Å². The standard InChI is InChI=1S/C25H21FN4O3.C18H14FN3O3.C7H9NO/c1-15-11-18-19(29-15)3-4-21(25(18)26)33-24-14-28-30-20-13-23(22(31-2)12-17(20)24)32-10-7-16-5-8-27-9-6-16;1-9-5-11-12(21-9)3-4-15(18(11)19)25-17-8-20-22-13-7-14(23)16(24-2)6-10(13)17;9-6-3-7-1-4-8-5-2-7/h3-6,8-9,11-14,29H,7,10H2,1-2H3;3-8,21,23H,1-2H3;1-2,4-5,9H,3,6H2. The van der Waals surface area contributed by atoms with Crippen LogP contribution in [0, 0.1) is 25.5 Å². The summed E-state index contributed by atoms with van der Waals surface area (Å²) in [5, 5.41) is 36.5. The number of halogens is 2. The van der Waals surface area contributed by atoms with Crippen molar-refractivity contribution < 1.29 is 42.7 Å². The van der Waals surface area contributed by atoms with E-state index in [0.717, 1.165) is 35.4 Å². The Morgan fingerprint density at radius 1 is 0.537 bits per heavy atom. The Morgan fingerprint density at radius 2 is 1.03 bits per heavy atom. The maximum atomic E-state index is 15.0. The van der Waals surface area contributed by atoms with Gasteiger partial charge in [0, 0.05) is 83.1 Å². The minimum Gasteiger partial charge on any atom is -0.504 e. The van der Waals surface area contributed by atoms with Gasteiger partial charge in [-0.3, -0.25) is 9.97 Å². The number of aliphatic hydroxyl groups is 1. The number of rotatable bonds is 12. The van der Waals surface area contributed by atoms with Crippen LogP contribution in [-0.4, -0.2) is 78.0 Å². The summed E-state index contributed by atoms with van der Waals surface area (Å²) in [5.74, 6) is 1.23. The molecule has 0 bridgehead atoms. The quantitative estimate of drug-likeness (QED) is 0.0905. The van der Waals surface area contributed by atoms with Gasteiger partial charge in [-0.05, 0) is 104 Å². The number of phenols is 1. The summed E-state index contributed by atoms with van der Waals surface area (Å²) in [6.45, 7) is 4.41. The SMILES string of the molecule is COc1cc2c(Oc3ccc4[nH]c(C)cc4c3F)cnnc2cc1O.COc1cc2c(Oc3ccc4[nH]c(C)cc4c3F)cnnc2cc1OCCc1ccncc1.OCCc1ccncc1. The maximum absolute atomic E-state index is 15.0. The molecule has 0 fully saturated rings. The number of phenolic OH excluding ortho intramolecular Hbond substituents is 1. The van der Waals surface area contributed by atoms with Crippen LogP contribution in [0.15, 0.2) is 122 Å². The number of nitrogens with zero attached hydrogens (tertiary/aromatic N) is 6. The number of aromatic amines is 2. The van der Waals surface area contributed by atoms with Crippen LogP contribution in [0.5, 0.6) is 46.0 Å². The van der Waals surface area contributed by atoms with Crippen molar-refractivity contribution in [1.29, 1.82) is 0 Å². The van der Waals surface area contributed by atoms with Crippen LogP contribution in [0.4, 0.5) is 8.78 Å². The highest BCUT2D eigenvalue weighted by atomic mass is 19.1. The minimum absolute atomic E-state index is 0.0585.